The molecule has 0 aliphatic rings. The van der Waals surface area contributed by atoms with Crippen molar-refractivity contribution in [2.24, 2.45) is 0 Å². The number of nitrogens with zero attached hydrogens (tertiary/aromatic N) is 2. The van der Waals surface area contributed by atoms with Gasteiger partial charge in [0.1, 0.15) is 11.6 Å². The van der Waals surface area contributed by atoms with E-state index in [1.165, 1.54) is 0 Å². The molecule has 1 aromatic heterocycles. The average molecular weight is 282 g/mol. The summed E-state index contributed by atoms with van der Waals surface area (Å²) < 4.78 is 0. The van der Waals surface area contributed by atoms with E-state index >= 15 is 0 Å². The first kappa shape index (κ1) is 13.1. The highest BCUT2D eigenvalue weighted by Gasteiger charge is 2.06. The van der Waals surface area contributed by atoms with Crippen molar-refractivity contribution in [2.45, 2.75) is 13.3 Å². The van der Waals surface area contributed by atoms with Gasteiger partial charge in [0.2, 0.25) is 0 Å². The van der Waals surface area contributed by atoms with Gasteiger partial charge in [-0.2, -0.15) is 0 Å². The maximum atomic E-state index is 6.14. The number of aromatic nitrogens is 2. The quantitative estimate of drug-likeness (QED) is 0.932. The van der Waals surface area contributed by atoms with Crippen molar-refractivity contribution in [1.29, 1.82) is 0 Å². The van der Waals surface area contributed by atoms with Crippen LogP contribution in [0.4, 0.5) is 5.82 Å². The Kier molecular flexibility index (Phi) is 4.04. The summed E-state index contributed by atoms with van der Waals surface area (Å²) in [5.74, 6) is 1.55. The molecule has 0 fully saturated rings. The molecule has 0 spiro atoms. The molecule has 94 valence electrons. The first-order valence-corrected chi connectivity index (χ1v) is 6.30. The summed E-state index contributed by atoms with van der Waals surface area (Å²) in [4.78, 5) is 8.79. The highest BCUT2D eigenvalue weighted by molar-refractivity contribution is 6.35. The molecule has 0 unspecified atom stereocenters. The molecular weight excluding hydrogens is 269 g/mol. The van der Waals surface area contributed by atoms with Crippen molar-refractivity contribution >= 4 is 29.0 Å². The molecule has 0 aliphatic carbocycles. The van der Waals surface area contributed by atoms with Crippen LogP contribution in [0.2, 0.25) is 10.0 Å². The molecule has 0 saturated carbocycles. The number of halogens is 2. The molecular formula is C13H13Cl2N3. The Morgan fingerprint density at radius 2 is 1.94 bits per heavy atom. The van der Waals surface area contributed by atoms with Crippen LogP contribution in [-0.2, 0) is 6.42 Å². The summed E-state index contributed by atoms with van der Waals surface area (Å²) in [6, 6.07) is 7.34. The van der Waals surface area contributed by atoms with Crippen LogP contribution in [0.1, 0.15) is 17.1 Å². The molecule has 1 N–H and O–H groups in total. The molecule has 3 nitrogen and oxygen atoms in total. The third-order valence-corrected chi connectivity index (χ3v) is 3.11. The number of anilines is 1. The van der Waals surface area contributed by atoms with E-state index in [9.17, 15) is 0 Å². The Hall–Kier alpha value is -1.32. The van der Waals surface area contributed by atoms with Crippen molar-refractivity contribution in [3.8, 4) is 0 Å². The van der Waals surface area contributed by atoms with Crippen LogP contribution in [0.5, 0.6) is 0 Å². The molecule has 0 aliphatic heterocycles. The maximum Gasteiger partial charge on any atom is 0.135 e. The topological polar surface area (TPSA) is 37.8 Å². The fourth-order valence-electron chi connectivity index (χ4n) is 1.67. The fraction of sp³-hybridized carbons (Fsp3) is 0.231. The molecule has 0 radical (unpaired) electrons. The molecule has 5 heteroatoms. The van der Waals surface area contributed by atoms with E-state index < -0.39 is 0 Å². The molecule has 2 rings (SSSR count). The molecule has 1 heterocycles. The molecule has 1 aromatic carbocycles. The smallest absolute Gasteiger partial charge is 0.135 e. The second kappa shape index (κ2) is 5.55. The number of rotatable bonds is 3. The van der Waals surface area contributed by atoms with E-state index in [-0.39, 0.29) is 0 Å². The number of hydrogen-bond acceptors (Lipinski definition) is 3. The van der Waals surface area contributed by atoms with Gasteiger partial charge >= 0.3 is 0 Å². The van der Waals surface area contributed by atoms with Gasteiger partial charge in [-0.1, -0.05) is 29.3 Å². The van der Waals surface area contributed by atoms with Crippen molar-refractivity contribution in [1.82, 2.24) is 9.97 Å². The van der Waals surface area contributed by atoms with Gasteiger partial charge in [0.15, 0.2) is 0 Å². The lowest BCUT2D eigenvalue weighted by Gasteiger charge is -2.07. The number of benzene rings is 1. The Morgan fingerprint density at radius 3 is 2.61 bits per heavy atom. The molecule has 2 aromatic rings. The number of hydrogen-bond donors (Lipinski definition) is 1. The first-order chi connectivity index (χ1) is 8.58. The zero-order valence-corrected chi connectivity index (χ0v) is 11.7. The van der Waals surface area contributed by atoms with Gasteiger partial charge in [-0.3, -0.25) is 0 Å². The summed E-state index contributed by atoms with van der Waals surface area (Å²) in [6.45, 7) is 1.94. The van der Waals surface area contributed by atoms with E-state index in [1.807, 2.05) is 32.2 Å². The number of nitrogens with one attached hydrogen (secondary N) is 1. The summed E-state index contributed by atoms with van der Waals surface area (Å²) in [5, 5.41) is 4.28. The van der Waals surface area contributed by atoms with E-state index in [4.69, 9.17) is 23.2 Å². The predicted octanol–water partition coefficient (Wildman–Crippen LogP) is 3.72. The summed E-state index contributed by atoms with van der Waals surface area (Å²) >= 11 is 12.0. The largest absolute Gasteiger partial charge is 0.373 e. The van der Waals surface area contributed by atoms with Crippen LogP contribution in [0.3, 0.4) is 0 Å². The Morgan fingerprint density at radius 1 is 1.17 bits per heavy atom. The lowest BCUT2D eigenvalue weighted by atomic mass is 10.1. The zero-order chi connectivity index (χ0) is 13.1. The monoisotopic (exact) mass is 281 g/mol. The van der Waals surface area contributed by atoms with Gasteiger partial charge in [-0.25, -0.2) is 9.97 Å². The van der Waals surface area contributed by atoms with Gasteiger partial charge in [0, 0.05) is 35.3 Å². The van der Waals surface area contributed by atoms with Crippen molar-refractivity contribution in [3.63, 3.8) is 0 Å². The van der Waals surface area contributed by atoms with E-state index in [0.29, 0.717) is 16.5 Å². The summed E-state index contributed by atoms with van der Waals surface area (Å²) in [5.41, 5.74) is 1.89. The van der Waals surface area contributed by atoms with Gasteiger partial charge in [0.25, 0.3) is 0 Å². The van der Waals surface area contributed by atoms with Gasteiger partial charge in [-0.15, -0.1) is 0 Å². The SMILES string of the molecule is CNc1cc(C)nc(Cc2ccc(Cl)cc2Cl)n1. The standard InChI is InChI=1S/C13H13Cl2N3/c1-8-5-12(16-2)18-13(17-8)6-9-3-4-10(14)7-11(9)15/h3-5,7H,6H2,1-2H3,(H,16,17,18). The highest BCUT2D eigenvalue weighted by Crippen LogP contribution is 2.22. The molecule has 18 heavy (non-hydrogen) atoms. The molecule has 0 saturated heterocycles. The molecule has 0 bridgehead atoms. The van der Waals surface area contributed by atoms with Crippen LogP contribution >= 0.6 is 23.2 Å². The van der Waals surface area contributed by atoms with E-state index in [1.54, 1.807) is 6.07 Å². The molecule has 0 atom stereocenters. The Balaban J connectivity index is 2.30. The van der Waals surface area contributed by atoms with Gasteiger partial charge in [0.05, 0.1) is 0 Å². The summed E-state index contributed by atoms with van der Waals surface area (Å²) in [7, 11) is 1.83. The molecule has 0 amide bonds. The van der Waals surface area contributed by atoms with Crippen molar-refractivity contribution in [2.75, 3.05) is 12.4 Å². The van der Waals surface area contributed by atoms with Crippen LogP contribution in [0, 0.1) is 6.92 Å². The van der Waals surface area contributed by atoms with Crippen molar-refractivity contribution in [3.05, 3.63) is 51.4 Å². The lowest BCUT2D eigenvalue weighted by molar-refractivity contribution is 0.944. The van der Waals surface area contributed by atoms with Crippen LogP contribution in [-0.4, -0.2) is 17.0 Å². The van der Waals surface area contributed by atoms with Gasteiger partial charge < -0.3 is 5.32 Å². The van der Waals surface area contributed by atoms with Crippen molar-refractivity contribution < 1.29 is 0 Å². The normalized spacial score (nSPS) is 10.4. The minimum absolute atomic E-state index is 0.590. The van der Waals surface area contributed by atoms with E-state index in [0.717, 1.165) is 22.9 Å². The Bertz CT molecular complexity index is 570. The Labute approximate surface area is 116 Å². The minimum atomic E-state index is 0.590. The summed E-state index contributed by atoms with van der Waals surface area (Å²) in [6.07, 6.45) is 0.590. The third kappa shape index (κ3) is 3.12. The predicted molar refractivity (Wildman–Crippen MR) is 75.6 cm³/mol. The first-order valence-electron chi connectivity index (χ1n) is 5.54. The third-order valence-electron chi connectivity index (χ3n) is 2.52. The van der Waals surface area contributed by atoms with Crippen LogP contribution in [0.15, 0.2) is 24.3 Å². The van der Waals surface area contributed by atoms with Crippen LogP contribution in [0.25, 0.3) is 0 Å². The average Bonchev–Trinajstić information content (AvgIpc) is 2.32. The zero-order valence-electron chi connectivity index (χ0n) is 10.2. The lowest BCUT2D eigenvalue weighted by Crippen LogP contribution is -2.02. The number of aryl methyl sites for hydroxylation is 1. The highest BCUT2D eigenvalue weighted by atomic mass is 35.5. The van der Waals surface area contributed by atoms with Crippen LogP contribution < -0.4 is 5.32 Å². The minimum Gasteiger partial charge on any atom is -0.373 e. The fourth-order valence-corrected chi connectivity index (χ4v) is 2.15. The second-order valence-electron chi connectivity index (χ2n) is 3.97. The van der Waals surface area contributed by atoms with Gasteiger partial charge in [-0.05, 0) is 24.6 Å². The second-order valence-corrected chi connectivity index (χ2v) is 4.82. The van der Waals surface area contributed by atoms with E-state index in [2.05, 4.69) is 15.3 Å². The maximum absolute atomic E-state index is 6.14.